The smallest absolute Gasteiger partial charge is 0.339 e. The van der Waals surface area contributed by atoms with Gasteiger partial charge >= 0.3 is 5.97 Å². The lowest BCUT2D eigenvalue weighted by Crippen LogP contribution is -2.28. The van der Waals surface area contributed by atoms with Gasteiger partial charge in [-0.1, -0.05) is 0 Å². The van der Waals surface area contributed by atoms with Gasteiger partial charge in [0.25, 0.3) is 5.91 Å². The van der Waals surface area contributed by atoms with Gasteiger partial charge in [0.2, 0.25) is 5.91 Å². The summed E-state index contributed by atoms with van der Waals surface area (Å²) in [5.74, 6) is -0.713. The van der Waals surface area contributed by atoms with Crippen LogP contribution in [0.25, 0.3) is 0 Å². The van der Waals surface area contributed by atoms with Gasteiger partial charge in [0, 0.05) is 17.5 Å². The van der Waals surface area contributed by atoms with Crippen LogP contribution < -0.4 is 5.32 Å². The summed E-state index contributed by atoms with van der Waals surface area (Å²) >= 11 is 1.45. The third kappa shape index (κ3) is 3.45. The van der Waals surface area contributed by atoms with Crippen LogP contribution in [0, 0.1) is 6.92 Å². The lowest BCUT2D eigenvalue weighted by atomic mass is 10.1. The molecule has 0 saturated heterocycles. The van der Waals surface area contributed by atoms with Crippen LogP contribution in [0.3, 0.4) is 0 Å². The predicted molar refractivity (Wildman–Crippen MR) is 96.6 cm³/mol. The number of nitrogens with zero attached hydrogens (tertiary/aromatic N) is 1. The largest absolute Gasteiger partial charge is 0.478 e. The van der Waals surface area contributed by atoms with Gasteiger partial charge in [0.1, 0.15) is 17.1 Å². The molecule has 1 aromatic heterocycles. The highest BCUT2D eigenvalue weighted by Gasteiger charge is 2.24. The number of anilines is 1. The molecule has 1 aliphatic heterocycles. The Morgan fingerprint density at radius 3 is 2.73 bits per heavy atom. The molecule has 26 heavy (non-hydrogen) atoms. The standard InChI is InChI=1S/C18H18N2O5S/c1-9-13(18(23)24)7-12(25-9)8-20(3)17(22)11-4-5-15-14(6-11)19-16(21)10(2)26-15/h4-7,10H,8H2,1-3H3,(H,19,21)(H,23,24)/t10-/m0/s1. The molecule has 1 aromatic carbocycles. The minimum absolute atomic E-state index is 0.0866. The highest BCUT2D eigenvalue weighted by molar-refractivity contribution is 8.00. The molecule has 0 aliphatic carbocycles. The molecule has 2 heterocycles. The number of aromatic carboxylic acids is 1. The van der Waals surface area contributed by atoms with Crippen LogP contribution in [-0.2, 0) is 11.3 Å². The van der Waals surface area contributed by atoms with Crippen LogP contribution in [0.4, 0.5) is 5.69 Å². The molecule has 0 unspecified atom stereocenters. The summed E-state index contributed by atoms with van der Waals surface area (Å²) in [6, 6.07) is 6.61. The first-order chi connectivity index (χ1) is 12.3. The molecule has 136 valence electrons. The Labute approximate surface area is 154 Å². The molecule has 0 bridgehead atoms. The van der Waals surface area contributed by atoms with Crippen molar-refractivity contribution in [1.29, 1.82) is 0 Å². The Balaban J connectivity index is 1.77. The van der Waals surface area contributed by atoms with Crippen molar-refractivity contribution in [2.24, 2.45) is 0 Å². The number of aryl methyl sites for hydroxylation is 1. The molecule has 1 aliphatic rings. The van der Waals surface area contributed by atoms with E-state index < -0.39 is 5.97 Å². The van der Waals surface area contributed by atoms with Crippen molar-refractivity contribution in [2.75, 3.05) is 12.4 Å². The number of rotatable bonds is 4. The van der Waals surface area contributed by atoms with Crippen molar-refractivity contribution in [3.63, 3.8) is 0 Å². The number of furan rings is 1. The fraction of sp³-hybridized carbons (Fsp3) is 0.278. The summed E-state index contributed by atoms with van der Waals surface area (Å²) < 4.78 is 5.41. The lowest BCUT2D eigenvalue weighted by molar-refractivity contribution is -0.115. The van der Waals surface area contributed by atoms with E-state index in [0.717, 1.165) is 4.90 Å². The Bertz CT molecular complexity index is 905. The third-order valence-corrected chi connectivity index (χ3v) is 5.27. The van der Waals surface area contributed by atoms with Gasteiger partial charge < -0.3 is 19.7 Å². The minimum atomic E-state index is -1.07. The second-order valence-corrected chi connectivity index (χ2v) is 7.49. The van der Waals surface area contributed by atoms with Gasteiger partial charge in [0.05, 0.1) is 17.5 Å². The number of carboxylic acids is 1. The maximum absolute atomic E-state index is 12.7. The predicted octanol–water partition coefficient (Wildman–Crippen LogP) is 2.99. The van der Waals surface area contributed by atoms with Gasteiger partial charge in [-0.3, -0.25) is 9.59 Å². The summed E-state index contributed by atoms with van der Waals surface area (Å²) in [4.78, 5) is 37.9. The number of carbonyl (C=O) groups is 3. The molecule has 0 radical (unpaired) electrons. The second kappa shape index (κ2) is 6.87. The molecule has 2 N–H and O–H groups in total. The number of fused-ring (bicyclic) bond motifs is 1. The van der Waals surface area contributed by atoms with E-state index in [2.05, 4.69) is 5.32 Å². The number of hydrogen-bond donors (Lipinski definition) is 2. The van der Waals surface area contributed by atoms with E-state index in [1.165, 1.54) is 22.7 Å². The van der Waals surface area contributed by atoms with E-state index in [0.29, 0.717) is 22.8 Å². The maximum atomic E-state index is 12.7. The zero-order valence-electron chi connectivity index (χ0n) is 14.5. The highest BCUT2D eigenvalue weighted by Crippen LogP contribution is 2.36. The van der Waals surface area contributed by atoms with Crippen molar-refractivity contribution in [3.05, 3.63) is 46.9 Å². The first kappa shape index (κ1) is 18.1. The average Bonchev–Trinajstić information content (AvgIpc) is 2.95. The zero-order chi connectivity index (χ0) is 19.0. The summed E-state index contributed by atoms with van der Waals surface area (Å²) in [5, 5.41) is 11.7. The van der Waals surface area contributed by atoms with Crippen molar-refractivity contribution in [1.82, 2.24) is 4.90 Å². The molecule has 0 saturated carbocycles. The Hall–Kier alpha value is -2.74. The summed E-state index contributed by atoms with van der Waals surface area (Å²) in [5.41, 5.74) is 1.14. The Kier molecular flexibility index (Phi) is 4.78. The minimum Gasteiger partial charge on any atom is -0.478 e. The van der Waals surface area contributed by atoms with Crippen LogP contribution in [0.1, 0.15) is 39.2 Å². The molecule has 7 nitrogen and oxygen atoms in total. The van der Waals surface area contributed by atoms with Crippen LogP contribution in [0.2, 0.25) is 0 Å². The fourth-order valence-electron chi connectivity index (χ4n) is 2.70. The molecule has 0 fully saturated rings. The van der Waals surface area contributed by atoms with E-state index in [1.807, 2.05) is 13.0 Å². The number of benzene rings is 1. The number of amides is 2. The van der Waals surface area contributed by atoms with Gasteiger partial charge in [-0.05, 0) is 38.1 Å². The van der Waals surface area contributed by atoms with Crippen molar-refractivity contribution in [3.8, 4) is 0 Å². The second-order valence-electron chi connectivity index (χ2n) is 6.11. The summed E-state index contributed by atoms with van der Waals surface area (Å²) in [6.45, 7) is 3.54. The van der Waals surface area contributed by atoms with E-state index >= 15 is 0 Å². The van der Waals surface area contributed by atoms with Gasteiger partial charge in [-0.25, -0.2) is 4.79 Å². The number of carbonyl (C=O) groups excluding carboxylic acids is 2. The molecular formula is C18H18N2O5S. The topological polar surface area (TPSA) is 99.9 Å². The maximum Gasteiger partial charge on any atom is 0.339 e. The van der Waals surface area contributed by atoms with Gasteiger partial charge in [-0.2, -0.15) is 0 Å². The Morgan fingerprint density at radius 2 is 2.08 bits per heavy atom. The van der Waals surface area contributed by atoms with Gasteiger partial charge in [-0.15, -0.1) is 11.8 Å². The third-order valence-electron chi connectivity index (χ3n) is 4.10. The van der Waals surface area contributed by atoms with Crippen molar-refractivity contribution in [2.45, 2.75) is 30.5 Å². The molecule has 0 spiro atoms. The fourth-order valence-corrected chi connectivity index (χ4v) is 3.63. The molecule has 2 aromatic rings. The van der Waals surface area contributed by atoms with E-state index in [4.69, 9.17) is 9.52 Å². The van der Waals surface area contributed by atoms with Crippen LogP contribution >= 0.6 is 11.8 Å². The van der Waals surface area contributed by atoms with Crippen molar-refractivity contribution < 1.29 is 23.9 Å². The highest BCUT2D eigenvalue weighted by atomic mass is 32.2. The number of hydrogen-bond acceptors (Lipinski definition) is 5. The molecule has 3 rings (SSSR count). The SMILES string of the molecule is Cc1oc(CN(C)C(=O)c2ccc3c(c2)NC(=O)[C@H](C)S3)cc1C(=O)O. The molecular weight excluding hydrogens is 356 g/mol. The van der Waals surface area contributed by atoms with E-state index in [9.17, 15) is 14.4 Å². The average molecular weight is 374 g/mol. The summed E-state index contributed by atoms with van der Waals surface area (Å²) in [7, 11) is 1.61. The summed E-state index contributed by atoms with van der Waals surface area (Å²) in [6.07, 6.45) is 0. The lowest BCUT2D eigenvalue weighted by Gasteiger charge is -2.22. The first-order valence-electron chi connectivity index (χ1n) is 7.96. The van der Waals surface area contributed by atoms with Crippen molar-refractivity contribution >= 4 is 35.2 Å². The van der Waals surface area contributed by atoms with E-state index in [-0.39, 0.29) is 29.2 Å². The molecule has 1 atom stereocenters. The number of carboxylic acid groups (broad SMARTS) is 1. The number of thioether (sulfide) groups is 1. The zero-order valence-corrected chi connectivity index (χ0v) is 15.3. The van der Waals surface area contributed by atoms with Crippen LogP contribution in [0.5, 0.6) is 0 Å². The normalized spacial score (nSPS) is 16.0. The molecule has 8 heteroatoms. The van der Waals surface area contributed by atoms with Gasteiger partial charge in [0.15, 0.2) is 0 Å². The Morgan fingerprint density at radius 1 is 1.35 bits per heavy atom. The number of nitrogens with one attached hydrogen (secondary N) is 1. The van der Waals surface area contributed by atoms with E-state index in [1.54, 1.807) is 26.1 Å². The quantitative estimate of drug-likeness (QED) is 0.853. The first-order valence-corrected chi connectivity index (χ1v) is 8.84. The van der Waals surface area contributed by atoms with Crippen LogP contribution in [0.15, 0.2) is 33.6 Å². The van der Waals surface area contributed by atoms with Crippen LogP contribution in [-0.4, -0.2) is 40.1 Å². The monoisotopic (exact) mass is 374 g/mol. The molecule has 2 amide bonds.